The van der Waals surface area contributed by atoms with Crippen LogP contribution in [0.2, 0.25) is 0 Å². The van der Waals surface area contributed by atoms with Gasteiger partial charge in [0, 0.05) is 18.3 Å². The van der Waals surface area contributed by atoms with Crippen molar-refractivity contribution in [1.29, 1.82) is 0 Å². The molecule has 0 aromatic heterocycles. The van der Waals surface area contributed by atoms with E-state index >= 15 is 0 Å². The third-order valence-corrected chi connectivity index (χ3v) is 4.71. The lowest BCUT2D eigenvalue weighted by atomic mass is 9.91. The number of nitrogen functional groups attached to an aromatic ring is 1. The van der Waals surface area contributed by atoms with Gasteiger partial charge in [0.25, 0.3) is 5.91 Å². The van der Waals surface area contributed by atoms with Gasteiger partial charge in [-0.15, -0.1) is 0 Å². The Morgan fingerprint density at radius 1 is 1.30 bits per heavy atom. The van der Waals surface area contributed by atoms with Gasteiger partial charge in [-0.1, -0.05) is 6.42 Å². The van der Waals surface area contributed by atoms with Crippen molar-refractivity contribution >= 4 is 11.6 Å². The Hall–Kier alpha value is -1.71. The van der Waals surface area contributed by atoms with Gasteiger partial charge >= 0.3 is 0 Å². The number of benzene rings is 1. The summed E-state index contributed by atoms with van der Waals surface area (Å²) in [6.07, 6.45) is 6.02. The first-order valence-corrected chi connectivity index (χ1v) is 7.45. The highest BCUT2D eigenvalue weighted by Gasteiger charge is 2.38. The van der Waals surface area contributed by atoms with E-state index in [-0.39, 0.29) is 5.91 Å². The first-order chi connectivity index (χ1) is 9.70. The summed E-state index contributed by atoms with van der Waals surface area (Å²) in [5, 5.41) is 0. The molecule has 0 radical (unpaired) electrons. The SMILES string of the molecule is COc1ccc(N)cc1C(=O)N1CCCC2CCCC21. The number of hydrogen-bond acceptors (Lipinski definition) is 3. The fourth-order valence-electron chi connectivity index (χ4n) is 3.75. The monoisotopic (exact) mass is 274 g/mol. The number of nitrogens with zero attached hydrogens (tertiary/aromatic N) is 1. The van der Waals surface area contributed by atoms with E-state index in [0.29, 0.717) is 29.0 Å². The van der Waals surface area contributed by atoms with Crippen molar-refractivity contribution in [3.05, 3.63) is 23.8 Å². The third-order valence-electron chi connectivity index (χ3n) is 4.71. The van der Waals surface area contributed by atoms with Gasteiger partial charge < -0.3 is 15.4 Å². The number of amides is 1. The molecule has 4 heteroatoms. The maximum atomic E-state index is 12.9. The molecule has 0 spiro atoms. The number of methoxy groups -OCH3 is 1. The van der Waals surface area contributed by atoms with E-state index in [1.165, 1.54) is 19.3 Å². The van der Waals surface area contributed by atoms with E-state index in [2.05, 4.69) is 4.90 Å². The van der Waals surface area contributed by atoms with Crippen molar-refractivity contribution in [2.24, 2.45) is 5.92 Å². The zero-order valence-corrected chi connectivity index (χ0v) is 12.0. The van der Waals surface area contributed by atoms with E-state index in [4.69, 9.17) is 10.5 Å². The molecule has 2 unspecified atom stereocenters. The largest absolute Gasteiger partial charge is 0.496 e. The Balaban J connectivity index is 1.90. The second kappa shape index (κ2) is 5.35. The Morgan fingerprint density at radius 2 is 2.10 bits per heavy atom. The van der Waals surface area contributed by atoms with Gasteiger partial charge in [0.1, 0.15) is 5.75 Å². The highest BCUT2D eigenvalue weighted by molar-refractivity contribution is 5.98. The van der Waals surface area contributed by atoms with Crippen LogP contribution in [0.3, 0.4) is 0 Å². The van der Waals surface area contributed by atoms with Gasteiger partial charge in [-0.3, -0.25) is 4.79 Å². The lowest BCUT2D eigenvalue weighted by Crippen LogP contribution is -2.46. The van der Waals surface area contributed by atoms with Crippen LogP contribution in [0.25, 0.3) is 0 Å². The van der Waals surface area contributed by atoms with Crippen molar-refractivity contribution in [2.45, 2.75) is 38.1 Å². The number of nitrogens with two attached hydrogens (primary N) is 1. The lowest BCUT2D eigenvalue weighted by molar-refractivity contribution is 0.0545. The molecule has 4 nitrogen and oxygen atoms in total. The van der Waals surface area contributed by atoms with Crippen molar-refractivity contribution < 1.29 is 9.53 Å². The number of rotatable bonds is 2. The minimum atomic E-state index is 0.0748. The standard InChI is InChI=1S/C16H22N2O2/c1-20-15-8-7-12(17)10-13(15)16(19)18-9-3-5-11-4-2-6-14(11)18/h7-8,10-11,14H,2-6,9,17H2,1H3. The molecule has 1 heterocycles. The molecule has 2 atom stereocenters. The summed E-state index contributed by atoms with van der Waals surface area (Å²) in [4.78, 5) is 14.9. The maximum Gasteiger partial charge on any atom is 0.257 e. The van der Waals surface area contributed by atoms with Gasteiger partial charge in [-0.05, 0) is 49.8 Å². The number of carbonyl (C=O) groups excluding carboxylic acids is 1. The Morgan fingerprint density at radius 3 is 2.90 bits per heavy atom. The highest BCUT2D eigenvalue weighted by atomic mass is 16.5. The molecule has 1 aromatic rings. The van der Waals surface area contributed by atoms with Gasteiger partial charge in [0.2, 0.25) is 0 Å². The summed E-state index contributed by atoms with van der Waals surface area (Å²) in [5.41, 5.74) is 7.03. The molecule has 1 saturated heterocycles. The van der Waals surface area contributed by atoms with E-state index in [0.717, 1.165) is 19.4 Å². The molecular weight excluding hydrogens is 252 g/mol. The van der Waals surface area contributed by atoms with Gasteiger partial charge in [0.15, 0.2) is 0 Å². The molecule has 3 rings (SSSR count). The van der Waals surface area contributed by atoms with Crippen molar-refractivity contribution in [1.82, 2.24) is 4.90 Å². The predicted octanol–water partition coefficient (Wildman–Crippen LogP) is 2.68. The van der Waals surface area contributed by atoms with Crippen LogP contribution in [-0.2, 0) is 0 Å². The lowest BCUT2D eigenvalue weighted by Gasteiger charge is -2.38. The molecule has 108 valence electrons. The number of anilines is 1. The molecule has 1 amide bonds. The van der Waals surface area contributed by atoms with Gasteiger partial charge in [-0.25, -0.2) is 0 Å². The molecule has 2 fully saturated rings. The summed E-state index contributed by atoms with van der Waals surface area (Å²) in [7, 11) is 1.59. The second-order valence-electron chi connectivity index (χ2n) is 5.86. The number of hydrogen-bond donors (Lipinski definition) is 1. The molecule has 20 heavy (non-hydrogen) atoms. The summed E-state index contributed by atoms with van der Waals surface area (Å²) < 4.78 is 5.32. The smallest absolute Gasteiger partial charge is 0.257 e. The number of piperidine rings is 1. The van der Waals surface area contributed by atoms with Crippen molar-refractivity contribution in [2.75, 3.05) is 19.4 Å². The molecule has 1 saturated carbocycles. The number of fused-ring (bicyclic) bond motifs is 1. The zero-order chi connectivity index (χ0) is 14.1. The normalized spacial score (nSPS) is 25.4. The van der Waals surface area contributed by atoms with Gasteiger partial charge in [0.05, 0.1) is 12.7 Å². The maximum absolute atomic E-state index is 12.9. The number of carbonyl (C=O) groups is 1. The molecular formula is C16H22N2O2. The predicted molar refractivity (Wildman–Crippen MR) is 78.8 cm³/mol. The Kier molecular flexibility index (Phi) is 3.55. The average molecular weight is 274 g/mol. The van der Waals surface area contributed by atoms with Crippen LogP contribution in [0.15, 0.2) is 18.2 Å². The molecule has 2 N–H and O–H groups in total. The first-order valence-electron chi connectivity index (χ1n) is 7.45. The van der Waals surface area contributed by atoms with Gasteiger partial charge in [-0.2, -0.15) is 0 Å². The summed E-state index contributed by atoms with van der Waals surface area (Å²) >= 11 is 0. The molecule has 1 aromatic carbocycles. The van der Waals surface area contributed by atoms with Crippen LogP contribution in [0, 0.1) is 5.92 Å². The van der Waals surface area contributed by atoms with E-state index in [1.807, 2.05) is 0 Å². The Bertz CT molecular complexity index is 515. The van der Waals surface area contributed by atoms with Crippen LogP contribution < -0.4 is 10.5 Å². The summed E-state index contributed by atoms with van der Waals surface area (Å²) in [5.74, 6) is 1.38. The van der Waals surface area contributed by atoms with Crippen LogP contribution in [0.5, 0.6) is 5.75 Å². The topological polar surface area (TPSA) is 55.6 Å². The fraction of sp³-hybridized carbons (Fsp3) is 0.562. The molecule has 1 aliphatic heterocycles. The first kappa shape index (κ1) is 13.3. The van der Waals surface area contributed by atoms with Crippen molar-refractivity contribution in [3.63, 3.8) is 0 Å². The third kappa shape index (κ3) is 2.23. The molecule has 1 aliphatic carbocycles. The van der Waals surface area contributed by atoms with Crippen molar-refractivity contribution in [3.8, 4) is 5.75 Å². The average Bonchev–Trinajstić information content (AvgIpc) is 2.94. The van der Waals surface area contributed by atoms with Crippen LogP contribution >= 0.6 is 0 Å². The van der Waals surface area contributed by atoms with Crippen LogP contribution in [0.4, 0.5) is 5.69 Å². The highest BCUT2D eigenvalue weighted by Crippen LogP contribution is 2.38. The Labute approximate surface area is 119 Å². The second-order valence-corrected chi connectivity index (χ2v) is 5.86. The number of ether oxygens (including phenoxy) is 1. The minimum absolute atomic E-state index is 0.0748. The molecule has 2 aliphatic rings. The quantitative estimate of drug-likeness (QED) is 0.844. The van der Waals surface area contributed by atoms with Crippen LogP contribution in [-0.4, -0.2) is 30.5 Å². The summed E-state index contributed by atoms with van der Waals surface area (Å²) in [6, 6.07) is 5.70. The number of likely N-dealkylation sites (tertiary alicyclic amines) is 1. The van der Waals surface area contributed by atoms with E-state index < -0.39 is 0 Å². The molecule has 0 bridgehead atoms. The van der Waals surface area contributed by atoms with E-state index in [9.17, 15) is 4.79 Å². The minimum Gasteiger partial charge on any atom is -0.496 e. The van der Waals surface area contributed by atoms with Crippen LogP contribution in [0.1, 0.15) is 42.5 Å². The summed E-state index contributed by atoms with van der Waals surface area (Å²) in [6.45, 7) is 0.859. The fourth-order valence-corrected chi connectivity index (χ4v) is 3.75. The van der Waals surface area contributed by atoms with E-state index in [1.54, 1.807) is 25.3 Å². The zero-order valence-electron chi connectivity index (χ0n) is 12.0.